The molecule has 0 radical (unpaired) electrons. The third kappa shape index (κ3) is 3.31. The summed E-state index contributed by atoms with van der Waals surface area (Å²) in [5.41, 5.74) is 0. The molecule has 1 aromatic heterocycles. The van der Waals surface area contributed by atoms with Gasteiger partial charge < -0.3 is 10.1 Å². The maximum absolute atomic E-state index is 12.4. The van der Waals surface area contributed by atoms with Crippen molar-refractivity contribution in [3.63, 3.8) is 0 Å². The molecule has 1 N–H and O–H groups in total. The van der Waals surface area contributed by atoms with E-state index in [1.54, 1.807) is 18.0 Å². The normalized spacial score (nSPS) is 24.8. The number of anilines is 1. The van der Waals surface area contributed by atoms with Gasteiger partial charge in [-0.1, -0.05) is 6.58 Å². The van der Waals surface area contributed by atoms with E-state index in [-0.39, 0.29) is 6.09 Å². The van der Waals surface area contributed by atoms with E-state index in [2.05, 4.69) is 21.8 Å². The lowest BCUT2D eigenvalue weighted by atomic mass is 10.2. The van der Waals surface area contributed by atoms with Crippen LogP contribution in [0.5, 0.6) is 0 Å². The summed E-state index contributed by atoms with van der Waals surface area (Å²) in [6, 6.07) is 0.961. The van der Waals surface area contributed by atoms with Crippen molar-refractivity contribution in [1.29, 1.82) is 0 Å². The highest BCUT2D eigenvalue weighted by atomic mass is 32.1. The molecular weight excluding hydrogens is 300 g/mol. The average Bonchev–Trinajstić information content (AvgIpc) is 3.13. The SMILES string of the molecule is C=C(C)OC(=O)N(CC1CCC2CNCCN21)c1nccs1. The number of allylic oxidation sites excluding steroid dienone is 1. The first-order chi connectivity index (χ1) is 10.6. The fourth-order valence-corrected chi connectivity index (χ4v) is 3.91. The molecule has 0 bridgehead atoms. The molecule has 6 nitrogen and oxygen atoms in total. The van der Waals surface area contributed by atoms with Crippen LogP contribution in [-0.4, -0.2) is 54.2 Å². The summed E-state index contributed by atoms with van der Waals surface area (Å²) < 4.78 is 5.21. The van der Waals surface area contributed by atoms with Crippen molar-refractivity contribution in [1.82, 2.24) is 15.2 Å². The second-order valence-electron chi connectivity index (χ2n) is 5.82. The summed E-state index contributed by atoms with van der Waals surface area (Å²) >= 11 is 1.45. The first-order valence-electron chi connectivity index (χ1n) is 7.66. The molecule has 0 spiro atoms. The van der Waals surface area contributed by atoms with Crippen LogP contribution in [0.3, 0.4) is 0 Å². The van der Waals surface area contributed by atoms with Crippen molar-refractivity contribution in [3.8, 4) is 0 Å². The molecule has 22 heavy (non-hydrogen) atoms. The number of carbonyl (C=O) groups is 1. The fraction of sp³-hybridized carbons (Fsp3) is 0.600. The Morgan fingerprint density at radius 2 is 2.50 bits per heavy atom. The minimum atomic E-state index is -0.388. The molecule has 0 aromatic carbocycles. The molecule has 1 aromatic rings. The van der Waals surface area contributed by atoms with E-state index >= 15 is 0 Å². The molecule has 2 unspecified atom stereocenters. The van der Waals surface area contributed by atoms with Crippen LogP contribution in [0.1, 0.15) is 19.8 Å². The number of piperazine rings is 1. The van der Waals surface area contributed by atoms with Gasteiger partial charge in [0.25, 0.3) is 0 Å². The minimum absolute atomic E-state index is 0.369. The molecule has 2 aliphatic rings. The molecule has 3 heterocycles. The van der Waals surface area contributed by atoms with Crippen molar-refractivity contribution in [2.45, 2.75) is 31.8 Å². The first kappa shape index (κ1) is 15.5. The average molecular weight is 322 g/mol. The zero-order valence-corrected chi connectivity index (χ0v) is 13.6. The topological polar surface area (TPSA) is 57.7 Å². The molecule has 0 aliphatic carbocycles. The molecule has 0 saturated carbocycles. The number of carbonyl (C=O) groups excluding carboxylic acids is 1. The van der Waals surface area contributed by atoms with E-state index < -0.39 is 0 Å². The predicted molar refractivity (Wildman–Crippen MR) is 87.1 cm³/mol. The zero-order valence-electron chi connectivity index (χ0n) is 12.8. The standard InChI is InChI=1S/C15H22N4O2S/c1-11(2)21-15(20)19(14-17-6-8-22-14)10-13-4-3-12-9-16-5-7-18(12)13/h6,8,12-13,16H,1,3-5,7,9-10H2,2H3. The van der Waals surface area contributed by atoms with Crippen LogP contribution in [0.2, 0.25) is 0 Å². The van der Waals surface area contributed by atoms with Crippen LogP contribution in [0.4, 0.5) is 9.93 Å². The summed E-state index contributed by atoms with van der Waals surface area (Å²) in [6.45, 7) is 9.05. The van der Waals surface area contributed by atoms with Gasteiger partial charge in [-0.05, 0) is 19.8 Å². The van der Waals surface area contributed by atoms with Crippen LogP contribution in [-0.2, 0) is 4.74 Å². The van der Waals surface area contributed by atoms with Crippen molar-refractivity contribution < 1.29 is 9.53 Å². The third-order valence-corrected chi connectivity index (χ3v) is 5.02. The highest BCUT2D eigenvalue weighted by Gasteiger charge is 2.37. The summed E-state index contributed by atoms with van der Waals surface area (Å²) in [5, 5.41) is 6.00. The van der Waals surface area contributed by atoms with E-state index in [0.717, 1.165) is 26.1 Å². The van der Waals surface area contributed by atoms with Gasteiger partial charge in [-0.15, -0.1) is 11.3 Å². The summed E-state index contributed by atoms with van der Waals surface area (Å²) in [6.07, 6.45) is 3.61. The Hall–Kier alpha value is -1.44. The van der Waals surface area contributed by atoms with Crippen LogP contribution >= 0.6 is 11.3 Å². The maximum Gasteiger partial charge on any atom is 0.421 e. The largest absolute Gasteiger partial charge is 0.421 e. The van der Waals surface area contributed by atoms with E-state index in [1.807, 2.05) is 5.38 Å². The third-order valence-electron chi connectivity index (χ3n) is 4.22. The number of ether oxygens (including phenoxy) is 1. The monoisotopic (exact) mass is 322 g/mol. The van der Waals surface area contributed by atoms with Crippen LogP contribution in [0.25, 0.3) is 0 Å². The number of aromatic nitrogens is 1. The number of fused-ring (bicyclic) bond motifs is 1. The number of nitrogens with one attached hydrogen (secondary N) is 1. The van der Waals surface area contributed by atoms with Gasteiger partial charge in [0.1, 0.15) is 0 Å². The zero-order chi connectivity index (χ0) is 15.5. The smallest absolute Gasteiger partial charge is 0.415 e. The molecule has 1 amide bonds. The molecule has 2 atom stereocenters. The highest BCUT2D eigenvalue weighted by Crippen LogP contribution is 2.28. The van der Waals surface area contributed by atoms with Crippen molar-refractivity contribution in [2.75, 3.05) is 31.1 Å². The number of hydrogen-bond donors (Lipinski definition) is 1. The van der Waals surface area contributed by atoms with Crippen LogP contribution in [0, 0.1) is 0 Å². The molecule has 120 valence electrons. The Morgan fingerprint density at radius 3 is 3.23 bits per heavy atom. The van der Waals surface area contributed by atoms with Gasteiger partial charge in [-0.25, -0.2) is 9.78 Å². The Morgan fingerprint density at radius 1 is 1.64 bits per heavy atom. The van der Waals surface area contributed by atoms with Gasteiger partial charge in [0, 0.05) is 49.8 Å². The Balaban J connectivity index is 1.72. The highest BCUT2D eigenvalue weighted by molar-refractivity contribution is 7.13. The van der Waals surface area contributed by atoms with Gasteiger partial charge in [-0.2, -0.15) is 0 Å². The Bertz CT molecular complexity index is 534. The Kier molecular flexibility index (Phi) is 4.75. The Labute approximate surface area is 134 Å². The van der Waals surface area contributed by atoms with Gasteiger partial charge in [-0.3, -0.25) is 9.80 Å². The van der Waals surface area contributed by atoms with Gasteiger partial charge in [0.05, 0.1) is 5.76 Å². The maximum atomic E-state index is 12.4. The first-order valence-corrected chi connectivity index (χ1v) is 8.54. The number of thiazole rings is 1. The summed E-state index contributed by atoms with van der Waals surface area (Å²) in [7, 11) is 0. The number of rotatable bonds is 4. The molecule has 3 rings (SSSR count). The molecule has 2 saturated heterocycles. The quantitative estimate of drug-likeness (QED) is 0.860. The van der Waals surface area contributed by atoms with Crippen molar-refractivity contribution >= 4 is 22.6 Å². The molecule has 2 aliphatic heterocycles. The van der Waals surface area contributed by atoms with Crippen LogP contribution in [0.15, 0.2) is 23.9 Å². The van der Waals surface area contributed by atoms with E-state index in [4.69, 9.17) is 4.74 Å². The molecular formula is C15H22N4O2S. The number of hydrogen-bond acceptors (Lipinski definition) is 6. The summed E-state index contributed by atoms with van der Waals surface area (Å²) in [4.78, 5) is 20.8. The van der Waals surface area contributed by atoms with E-state index in [9.17, 15) is 4.79 Å². The van der Waals surface area contributed by atoms with Crippen LogP contribution < -0.4 is 10.2 Å². The molecule has 7 heteroatoms. The van der Waals surface area contributed by atoms with E-state index in [0.29, 0.717) is 29.5 Å². The van der Waals surface area contributed by atoms with Gasteiger partial charge >= 0.3 is 6.09 Å². The second kappa shape index (κ2) is 6.76. The fourth-order valence-electron chi connectivity index (χ4n) is 3.27. The van der Waals surface area contributed by atoms with Gasteiger partial charge in [0.15, 0.2) is 5.13 Å². The summed E-state index contributed by atoms with van der Waals surface area (Å²) in [5.74, 6) is 0.401. The van der Waals surface area contributed by atoms with Crippen molar-refractivity contribution in [3.05, 3.63) is 23.9 Å². The number of nitrogens with zero attached hydrogens (tertiary/aromatic N) is 3. The lowest BCUT2D eigenvalue weighted by molar-refractivity contribution is 0.156. The van der Waals surface area contributed by atoms with Gasteiger partial charge in [0.2, 0.25) is 0 Å². The van der Waals surface area contributed by atoms with E-state index in [1.165, 1.54) is 17.8 Å². The predicted octanol–water partition coefficient (Wildman–Crippen LogP) is 2.06. The lowest BCUT2D eigenvalue weighted by Gasteiger charge is -2.36. The minimum Gasteiger partial charge on any atom is -0.415 e. The number of amides is 1. The molecule has 2 fully saturated rings. The lowest BCUT2D eigenvalue weighted by Crippen LogP contribution is -2.53. The second-order valence-corrected chi connectivity index (χ2v) is 6.70. The van der Waals surface area contributed by atoms with Crippen molar-refractivity contribution in [2.24, 2.45) is 0 Å².